The fourth-order valence-corrected chi connectivity index (χ4v) is 4.90. The summed E-state index contributed by atoms with van der Waals surface area (Å²) in [6, 6.07) is 0. The lowest BCUT2D eigenvalue weighted by atomic mass is 9.96. The monoisotopic (exact) mass is 706 g/mol. The van der Waals surface area contributed by atoms with Crippen molar-refractivity contribution in [1.29, 1.82) is 0 Å². The molecule has 2 aliphatic rings. The zero-order valence-corrected chi connectivity index (χ0v) is 28.1. The van der Waals surface area contributed by atoms with Gasteiger partial charge in [-0.15, -0.1) is 0 Å². The van der Waals surface area contributed by atoms with Crippen molar-refractivity contribution in [3.8, 4) is 0 Å². The third-order valence-corrected chi connectivity index (χ3v) is 6.51. The van der Waals surface area contributed by atoms with Crippen molar-refractivity contribution in [3.05, 3.63) is 12.2 Å². The number of hydrogen-bond donors (Lipinski definition) is 1. The Balaban J connectivity index is 2.75. The van der Waals surface area contributed by atoms with Crippen molar-refractivity contribution in [2.24, 2.45) is 0 Å². The first-order valence-corrected chi connectivity index (χ1v) is 15.0. The predicted octanol–water partition coefficient (Wildman–Crippen LogP) is -0.829. The van der Waals surface area contributed by atoms with Gasteiger partial charge in [0.05, 0.1) is 13.2 Å². The lowest BCUT2D eigenvalue weighted by Crippen LogP contribution is -2.67. The van der Waals surface area contributed by atoms with Crippen LogP contribution < -0.4 is 0 Å². The number of esters is 7. The summed E-state index contributed by atoms with van der Waals surface area (Å²) in [6.45, 7) is 5.79. The third-order valence-electron chi connectivity index (χ3n) is 6.51. The van der Waals surface area contributed by atoms with Gasteiger partial charge in [0.15, 0.2) is 43.1 Å². The van der Waals surface area contributed by atoms with Gasteiger partial charge in [0.2, 0.25) is 0 Å². The van der Waals surface area contributed by atoms with E-state index in [0.29, 0.717) is 0 Å². The number of rotatable bonds is 15. The average Bonchev–Trinajstić information content (AvgIpc) is 2.97. The summed E-state index contributed by atoms with van der Waals surface area (Å²) >= 11 is 0. The number of aliphatic hydroxyl groups is 1. The molecule has 0 amide bonds. The van der Waals surface area contributed by atoms with Crippen LogP contribution in [0, 0.1) is 0 Å². The maximum absolute atomic E-state index is 12.4. The highest BCUT2D eigenvalue weighted by atomic mass is 16.8. The van der Waals surface area contributed by atoms with Gasteiger partial charge in [0.1, 0.15) is 31.5 Å². The molecule has 1 N–H and O–H groups in total. The summed E-state index contributed by atoms with van der Waals surface area (Å²) in [4.78, 5) is 84.9. The Morgan fingerprint density at radius 1 is 0.510 bits per heavy atom. The van der Waals surface area contributed by atoms with Crippen molar-refractivity contribution in [1.82, 2.24) is 0 Å². The van der Waals surface area contributed by atoms with Crippen molar-refractivity contribution < 1.29 is 90.8 Å². The van der Waals surface area contributed by atoms with E-state index in [1.165, 1.54) is 12.2 Å². The van der Waals surface area contributed by atoms with E-state index in [-0.39, 0.29) is 13.2 Å². The van der Waals surface area contributed by atoms with Gasteiger partial charge in [-0.05, 0) is 0 Å². The van der Waals surface area contributed by atoms with E-state index < -0.39 is 116 Å². The molecule has 0 aromatic rings. The van der Waals surface area contributed by atoms with Gasteiger partial charge in [-0.25, -0.2) is 0 Å². The molecular formula is C30H42O19. The van der Waals surface area contributed by atoms with Crippen LogP contribution in [0.4, 0.5) is 0 Å². The SMILES string of the molecule is CC(=O)OC[C@H]1O[C@@H](O[C@@H]2[C@@H](OC(C)=O)[C@H](OC/C=C\CO)O[C@H](COC(C)=O)[C@H]2OC(C)=O)[C@H](OC(C)=O)[C@@H](OC(C)=O)[C@@H]1OC(C)=O. The van der Waals surface area contributed by atoms with Gasteiger partial charge in [0.25, 0.3) is 0 Å². The molecule has 0 spiro atoms. The minimum atomic E-state index is -1.82. The topological polar surface area (TPSA) is 241 Å². The van der Waals surface area contributed by atoms with Crippen molar-refractivity contribution in [3.63, 3.8) is 0 Å². The van der Waals surface area contributed by atoms with Crippen LogP contribution in [-0.4, -0.2) is 135 Å². The van der Waals surface area contributed by atoms with Crippen LogP contribution in [0.5, 0.6) is 0 Å². The number of carbonyl (C=O) groups is 7. The maximum atomic E-state index is 12.4. The molecule has 2 fully saturated rings. The van der Waals surface area contributed by atoms with Gasteiger partial charge in [-0.3, -0.25) is 33.6 Å². The summed E-state index contributed by atoms with van der Waals surface area (Å²) in [5.74, 6) is -5.92. The molecule has 0 bridgehead atoms. The fraction of sp³-hybridized carbons (Fsp3) is 0.700. The van der Waals surface area contributed by atoms with E-state index in [0.717, 1.165) is 48.5 Å². The molecule has 276 valence electrons. The quantitative estimate of drug-likeness (QED) is 0.124. The first-order chi connectivity index (χ1) is 23.0. The second kappa shape index (κ2) is 19.7. The molecule has 0 aliphatic carbocycles. The Hall–Kier alpha value is -4.17. The Morgan fingerprint density at radius 3 is 1.33 bits per heavy atom. The first kappa shape index (κ1) is 41.0. The summed E-state index contributed by atoms with van der Waals surface area (Å²) in [6.07, 6.45) is -12.9. The van der Waals surface area contributed by atoms with E-state index in [9.17, 15) is 33.6 Å². The fourth-order valence-electron chi connectivity index (χ4n) is 4.90. The Kier molecular flexibility index (Phi) is 16.5. The highest BCUT2D eigenvalue weighted by molar-refractivity contribution is 5.69. The van der Waals surface area contributed by atoms with Crippen molar-refractivity contribution >= 4 is 41.8 Å². The van der Waals surface area contributed by atoms with Crippen LogP contribution in [0.25, 0.3) is 0 Å². The van der Waals surface area contributed by atoms with Crippen LogP contribution in [0.2, 0.25) is 0 Å². The zero-order valence-electron chi connectivity index (χ0n) is 28.1. The molecule has 10 atom stereocenters. The summed E-state index contributed by atoms with van der Waals surface area (Å²) < 4.78 is 61.5. The van der Waals surface area contributed by atoms with Crippen LogP contribution in [-0.2, 0) is 85.7 Å². The largest absolute Gasteiger partial charge is 0.463 e. The molecule has 0 unspecified atom stereocenters. The van der Waals surface area contributed by atoms with Crippen LogP contribution >= 0.6 is 0 Å². The predicted molar refractivity (Wildman–Crippen MR) is 155 cm³/mol. The molecular weight excluding hydrogens is 664 g/mol. The van der Waals surface area contributed by atoms with Crippen LogP contribution in [0.3, 0.4) is 0 Å². The second-order valence-corrected chi connectivity index (χ2v) is 10.6. The van der Waals surface area contributed by atoms with E-state index >= 15 is 0 Å². The minimum absolute atomic E-state index is 0.201. The molecule has 19 nitrogen and oxygen atoms in total. The Bertz CT molecular complexity index is 1220. The molecule has 19 heteroatoms. The number of carbonyl (C=O) groups excluding carboxylic acids is 7. The molecule has 0 aromatic heterocycles. The Labute approximate surface area is 281 Å². The van der Waals surface area contributed by atoms with E-state index in [2.05, 4.69) is 0 Å². The van der Waals surface area contributed by atoms with Crippen LogP contribution in [0.15, 0.2) is 12.2 Å². The normalized spacial score (nSPS) is 29.6. The molecule has 49 heavy (non-hydrogen) atoms. The molecule has 0 saturated carbocycles. The lowest BCUT2D eigenvalue weighted by molar-refractivity contribution is -0.361. The molecule has 2 rings (SSSR count). The zero-order chi connectivity index (χ0) is 36.8. The molecule has 2 saturated heterocycles. The van der Waals surface area contributed by atoms with Gasteiger partial charge >= 0.3 is 41.8 Å². The summed E-state index contributed by atoms with van der Waals surface area (Å²) in [5, 5.41) is 9.11. The maximum Gasteiger partial charge on any atom is 0.303 e. The highest BCUT2D eigenvalue weighted by Crippen LogP contribution is 2.35. The Morgan fingerprint density at radius 2 is 0.898 bits per heavy atom. The third kappa shape index (κ3) is 13.3. The van der Waals surface area contributed by atoms with Gasteiger partial charge in [0, 0.05) is 48.5 Å². The molecule has 2 heterocycles. The number of hydrogen-bond acceptors (Lipinski definition) is 19. The highest BCUT2D eigenvalue weighted by Gasteiger charge is 2.57. The van der Waals surface area contributed by atoms with Crippen LogP contribution in [0.1, 0.15) is 48.5 Å². The molecule has 0 aromatic carbocycles. The number of aliphatic hydroxyl groups excluding tert-OH is 1. The van der Waals surface area contributed by atoms with Gasteiger partial charge in [-0.2, -0.15) is 0 Å². The standard InChI is InChI=1S/C30H42O19/c1-14(32)40-12-21-24(43-17(4)35)26(27(45-19(6)37)29(47-21)39-11-9-8-10-31)49-30-28(46-20(7)38)25(44-18(5)36)23(42-16(3)34)22(48-30)13-41-15(2)33/h8-9,21-31H,10-13H2,1-7H3/b9-8-/t21-,22-,23-,24-,25+,26+,27-,28-,29-,30+/m1/s1. The molecule has 0 radical (unpaired) electrons. The lowest BCUT2D eigenvalue weighted by Gasteiger charge is -2.48. The van der Waals surface area contributed by atoms with E-state index in [1.54, 1.807) is 0 Å². The summed E-state index contributed by atoms with van der Waals surface area (Å²) in [7, 11) is 0. The molecule has 2 aliphatic heterocycles. The summed E-state index contributed by atoms with van der Waals surface area (Å²) in [5.41, 5.74) is 0. The minimum Gasteiger partial charge on any atom is -0.463 e. The first-order valence-electron chi connectivity index (χ1n) is 15.0. The van der Waals surface area contributed by atoms with Gasteiger partial charge < -0.3 is 57.2 Å². The second-order valence-electron chi connectivity index (χ2n) is 10.6. The smallest absolute Gasteiger partial charge is 0.303 e. The van der Waals surface area contributed by atoms with E-state index in [4.69, 9.17) is 57.2 Å². The van der Waals surface area contributed by atoms with Crippen molar-refractivity contribution in [2.45, 2.75) is 110 Å². The van der Waals surface area contributed by atoms with Gasteiger partial charge in [-0.1, -0.05) is 12.2 Å². The van der Waals surface area contributed by atoms with E-state index in [1.807, 2.05) is 0 Å². The number of ether oxygens (including phenoxy) is 11. The average molecular weight is 707 g/mol. The van der Waals surface area contributed by atoms with Crippen molar-refractivity contribution in [2.75, 3.05) is 26.4 Å².